The summed E-state index contributed by atoms with van der Waals surface area (Å²) in [7, 11) is 0. The van der Waals surface area contributed by atoms with Crippen molar-refractivity contribution in [3.8, 4) is 5.75 Å². The SMILES string of the molecule is O=C(COc1ccccc1)NC1CCCc2cn(CC(F)(F)F)nc21. The van der Waals surface area contributed by atoms with E-state index in [1.807, 2.05) is 6.07 Å². The fourth-order valence-electron chi connectivity index (χ4n) is 2.90. The molecule has 25 heavy (non-hydrogen) atoms. The molecule has 0 bridgehead atoms. The van der Waals surface area contributed by atoms with E-state index in [9.17, 15) is 18.0 Å². The van der Waals surface area contributed by atoms with Crippen LogP contribution in [0.25, 0.3) is 0 Å². The fraction of sp³-hybridized carbons (Fsp3) is 0.412. The number of ether oxygens (including phenoxy) is 1. The second-order valence-corrected chi connectivity index (χ2v) is 5.97. The van der Waals surface area contributed by atoms with Crippen molar-refractivity contribution in [1.29, 1.82) is 0 Å². The van der Waals surface area contributed by atoms with Crippen molar-refractivity contribution >= 4 is 5.91 Å². The van der Waals surface area contributed by atoms with E-state index in [1.54, 1.807) is 24.3 Å². The third kappa shape index (κ3) is 4.74. The third-order valence-electron chi connectivity index (χ3n) is 3.93. The lowest BCUT2D eigenvalue weighted by Gasteiger charge is -2.22. The van der Waals surface area contributed by atoms with Crippen molar-refractivity contribution in [2.45, 2.75) is 38.0 Å². The van der Waals surface area contributed by atoms with Gasteiger partial charge in [0, 0.05) is 6.20 Å². The van der Waals surface area contributed by atoms with Crippen LogP contribution in [0.15, 0.2) is 36.5 Å². The quantitative estimate of drug-likeness (QED) is 0.899. The first-order chi connectivity index (χ1) is 11.9. The number of hydrogen-bond acceptors (Lipinski definition) is 3. The van der Waals surface area contributed by atoms with Gasteiger partial charge in [-0.15, -0.1) is 0 Å². The van der Waals surface area contributed by atoms with Gasteiger partial charge < -0.3 is 10.1 Å². The Hall–Kier alpha value is -2.51. The monoisotopic (exact) mass is 353 g/mol. The molecule has 1 heterocycles. The number of benzene rings is 1. The van der Waals surface area contributed by atoms with Crippen LogP contribution in [-0.4, -0.2) is 28.5 Å². The highest BCUT2D eigenvalue weighted by molar-refractivity contribution is 5.78. The number of carbonyl (C=O) groups is 1. The van der Waals surface area contributed by atoms with Gasteiger partial charge >= 0.3 is 6.18 Å². The molecule has 8 heteroatoms. The Morgan fingerprint density at radius 2 is 2.08 bits per heavy atom. The van der Waals surface area contributed by atoms with Gasteiger partial charge in [-0.2, -0.15) is 18.3 Å². The Bertz CT molecular complexity index is 728. The third-order valence-corrected chi connectivity index (χ3v) is 3.93. The number of rotatable bonds is 5. The smallest absolute Gasteiger partial charge is 0.408 e. The van der Waals surface area contributed by atoms with Gasteiger partial charge in [0.1, 0.15) is 12.3 Å². The summed E-state index contributed by atoms with van der Waals surface area (Å²) in [6, 6.07) is 8.54. The van der Waals surface area contributed by atoms with Gasteiger partial charge in [-0.05, 0) is 37.0 Å². The highest BCUT2D eigenvalue weighted by Gasteiger charge is 2.31. The maximum atomic E-state index is 12.5. The maximum Gasteiger partial charge on any atom is 0.408 e. The van der Waals surface area contributed by atoms with Gasteiger partial charge in [0.2, 0.25) is 0 Å². The van der Waals surface area contributed by atoms with E-state index in [0.29, 0.717) is 24.3 Å². The molecule has 134 valence electrons. The first-order valence-electron chi connectivity index (χ1n) is 8.01. The minimum atomic E-state index is -4.32. The lowest BCUT2D eigenvalue weighted by molar-refractivity contribution is -0.142. The molecule has 0 fully saturated rings. The molecule has 1 aliphatic rings. The molecule has 0 spiro atoms. The number of alkyl halides is 3. The molecule has 1 aliphatic carbocycles. The van der Waals surface area contributed by atoms with Gasteiger partial charge in [-0.1, -0.05) is 18.2 Å². The molecule has 0 aliphatic heterocycles. The number of carbonyl (C=O) groups excluding carboxylic acids is 1. The Kier molecular flexibility index (Phi) is 4.96. The standard InChI is InChI=1S/C17H18F3N3O2/c18-17(19,20)11-23-9-12-5-4-8-14(16(12)22-23)21-15(24)10-25-13-6-2-1-3-7-13/h1-3,6-7,9,14H,4-5,8,10-11H2,(H,21,24). The zero-order valence-electron chi connectivity index (χ0n) is 13.4. The summed E-state index contributed by atoms with van der Waals surface area (Å²) in [5, 5.41) is 6.83. The van der Waals surface area contributed by atoms with Gasteiger partial charge in [0.15, 0.2) is 6.61 Å². The first kappa shape index (κ1) is 17.3. The molecule has 1 aromatic heterocycles. The van der Waals surface area contributed by atoms with Gasteiger partial charge in [-0.25, -0.2) is 0 Å². The van der Waals surface area contributed by atoms with Crippen LogP contribution in [0, 0.1) is 0 Å². The molecule has 1 aromatic carbocycles. The van der Waals surface area contributed by atoms with Gasteiger partial charge in [-0.3, -0.25) is 9.48 Å². The van der Waals surface area contributed by atoms with Crippen LogP contribution >= 0.6 is 0 Å². The van der Waals surface area contributed by atoms with Crippen molar-refractivity contribution in [2.75, 3.05) is 6.61 Å². The van der Waals surface area contributed by atoms with Crippen LogP contribution in [0.3, 0.4) is 0 Å². The van der Waals surface area contributed by atoms with E-state index in [2.05, 4.69) is 10.4 Å². The predicted molar refractivity (Wildman–Crippen MR) is 84.0 cm³/mol. The molecule has 1 atom stereocenters. The number of aromatic nitrogens is 2. The van der Waals surface area contributed by atoms with Crippen molar-refractivity contribution in [2.24, 2.45) is 0 Å². The molecule has 5 nitrogen and oxygen atoms in total. The average Bonchev–Trinajstić information content (AvgIpc) is 2.95. The van der Waals surface area contributed by atoms with Crippen molar-refractivity contribution in [1.82, 2.24) is 15.1 Å². The van der Waals surface area contributed by atoms with Crippen LogP contribution in [0.4, 0.5) is 13.2 Å². The topological polar surface area (TPSA) is 56.1 Å². The van der Waals surface area contributed by atoms with Crippen LogP contribution < -0.4 is 10.1 Å². The van der Waals surface area contributed by atoms with E-state index in [0.717, 1.165) is 16.7 Å². The van der Waals surface area contributed by atoms with Gasteiger partial charge in [0.25, 0.3) is 5.91 Å². The van der Waals surface area contributed by atoms with E-state index in [-0.39, 0.29) is 18.6 Å². The Morgan fingerprint density at radius 3 is 2.80 bits per heavy atom. The molecule has 1 unspecified atom stereocenters. The van der Waals surface area contributed by atoms with Crippen LogP contribution in [-0.2, 0) is 17.8 Å². The highest BCUT2D eigenvalue weighted by Crippen LogP contribution is 2.29. The van der Waals surface area contributed by atoms with Crippen LogP contribution in [0.5, 0.6) is 5.75 Å². The zero-order valence-corrected chi connectivity index (χ0v) is 13.4. The summed E-state index contributed by atoms with van der Waals surface area (Å²) in [6.45, 7) is -1.28. The molecule has 2 aromatic rings. The summed E-state index contributed by atoms with van der Waals surface area (Å²) in [6.07, 6.45) is -0.805. The van der Waals surface area contributed by atoms with E-state index in [4.69, 9.17) is 4.74 Å². The minimum Gasteiger partial charge on any atom is -0.484 e. The largest absolute Gasteiger partial charge is 0.484 e. The fourth-order valence-corrected chi connectivity index (χ4v) is 2.90. The molecule has 3 rings (SSSR count). The Morgan fingerprint density at radius 1 is 1.32 bits per heavy atom. The lowest BCUT2D eigenvalue weighted by Crippen LogP contribution is -2.34. The highest BCUT2D eigenvalue weighted by atomic mass is 19.4. The number of para-hydroxylation sites is 1. The van der Waals surface area contributed by atoms with Crippen molar-refractivity contribution in [3.63, 3.8) is 0 Å². The second kappa shape index (κ2) is 7.16. The van der Waals surface area contributed by atoms with E-state index in [1.165, 1.54) is 6.20 Å². The predicted octanol–water partition coefficient (Wildman–Crippen LogP) is 3.02. The van der Waals surface area contributed by atoms with E-state index >= 15 is 0 Å². The van der Waals surface area contributed by atoms with Gasteiger partial charge in [0.05, 0.1) is 11.7 Å². The molecule has 0 saturated carbocycles. The number of hydrogen-bond donors (Lipinski definition) is 1. The maximum absolute atomic E-state index is 12.5. The summed E-state index contributed by atoms with van der Waals surface area (Å²) < 4.78 is 43.9. The molecule has 0 radical (unpaired) electrons. The summed E-state index contributed by atoms with van der Waals surface area (Å²) in [4.78, 5) is 12.1. The van der Waals surface area contributed by atoms with Crippen LogP contribution in [0.1, 0.15) is 30.1 Å². The lowest BCUT2D eigenvalue weighted by atomic mass is 9.94. The molecule has 0 saturated heterocycles. The second-order valence-electron chi connectivity index (χ2n) is 5.97. The summed E-state index contributed by atoms with van der Waals surface area (Å²) in [5.41, 5.74) is 1.27. The van der Waals surface area contributed by atoms with Crippen molar-refractivity contribution in [3.05, 3.63) is 47.8 Å². The number of halogens is 3. The first-order valence-corrected chi connectivity index (χ1v) is 8.01. The number of nitrogens with one attached hydrogen (secondary N) is 1. The normalized spacial score (nSPS) is 17.0. The number of nitrogens with zero attached hydrogens (tertiary/aromatic N) is 2. The Balaban J connectivity index is 1.61. The summed E-state index contributed by atoms with van der Waals surface area (Å²) in [5.74, 6) is 0.253. The van der Waals surface area contributed by atoms with Crippen molar-refractivity contribution < 1.29 is 22.7 Å². The molecule has 1 amide bonds. The number of amides is 1. The number of fused-ring (bicyclic) bond motifs is 1. The molecule has 1 N–H and O–H groups in total. The van der Waals surface area contributed by atoms with Crippen LogP contribution in [0.2, 0.25) is 0 Å². The molecular weight excluding hydrogens is 335 g/mol. The number of aryl methyl sites for hydroxylation is 1. The Labute approximate surface area is 142 Å². The molecular formula is C17H18F3N3O2. The zero-order chi connectivity index (χ0) is 17.9. The van der Waals surface area contributed by atoms with E-state index < -0.39 is 12.7 Å². The average molecular weight is 353 g/mol. The summed E-state index contributed by atoms with van der Waals surface area (Å²) >= 11 is 0. The minimum absolute atomic E-state index is 0.154.